The van der Waals surface area contributed by atoms with Gasteiger partial charge in [0, 0.05) is 11.6 Å². The summed E-state index contributed by atoms with van der Waals surface area (Å²) < 4.78 is 0. The molecule has 0 aromatic heterocycles. The maximum absolute atomic E-state index is 8.47. The van der Waals surface area contributed by atoms with Crippen LogP contribution < -0.4 is 0 Å². The number of aliphatic hydroxyl groups is 1. The van der Waals surface area contributed by atoms with Crippen molar-refractivity contribution in [2.24, 2.45) is 0 Å². The maximum atomic E-state index is 8.47. The molecule has 0 aliphatic carbocycles. The first-order valence-electron chi connectivity index (χ1n) is 8.02. The molecule has 2 rings (SSSR count). The lowest BCUT2D eigenvalue weighted by Crippen LogP contribution is -2.13. The molecular formula is C23H24N2O. The van der Waals surface area contributed by atoms with Crippen LogP contribution in [0.25, 0.3) is 6.08 Å². The van der Waals surface area contributed by atoms with Gasteiger partial charge >= 0.3 is 0 Å². The Morgan fingerprint density at radius 1 is 0.962 bits per heavy atom. The van der Waals surface area contributed by atoms with Crippen LogP contribution >= 0.6 is 0 Å². The molecule has 0 atom stereocenters. The van der Waals surface area contributed by atoms with Crippen molar-refractivity contribution in [1.29, 1.82) is 10.5 Å². The van der Waals surface area contributed by atoms with Crippen molar-refractivity contribution in [1.82, 2.24) is 0 Å². The van der Waals surface area contributed by atoms with Crippen molar-refractivity contribution in [2.75, 3.05) is 0 Å². The Balaban J connectivity index is 0.000000378. The zero-order valence-corrected chi connectivity index (χ0v) is 15.7. The number of rotatable bonds is 1. The van der Waals surface area contributed by atoms with E-state index in [4.69, 9.17) is 22.1 Å². The van der Waals surface area contributed by atoms with Crippen LogP contribution in [0.3, 0.4) is 0 Å². The van der Waals surface area contributed by atoms with Crippen molar-refractivity contribution in [2.45, 2.75) is 33.3 Å². The topological polar surface area (TPSA) is 67.8 Å². The highest BCUT2D eigenvalue weighted by atomic mass is 16.3. The summed E-state index contributed by atoms with van der Waals surface area (Å²) in [7, 11) is 0. The van der Waals surface area contributed by atoms with Gasteiger partial charge < -0.3 is 5.11 Å². The molecule has 0 aliphatic rings. The fourth-order valence-corrected chi connectivity index (χ4v) is 1.64. The van der Waals surface area contributed by atoms with Crippen LogP contribution in [0.2, 0.25) is 0 Å². The summed E-state index contributed by atoms with van der Waals surface area (Å²) in [5.41, 5.74) is 3.30. The Morgan fingerprint density at radius 2 is 1.46 bits per heavy atom. The molecule has 3 nitrogen and oxygen atoms in total. The van der Waals surface area contributed by atoms with E-state index in [1.807, 2.05) is 74.5 Å². The summed E-state index contributed by atoms with van der Waals surface area (Å²) in [6.07, 6.45) is 8.50. The van der Waals surface area contributed by atoms with Crippen LogP contribution in [0, 0.1) is 48.9 Å². The second kappa shape index (κ2) is 12.1. The Morgan fingerprint density at radius 3 is 1.85 bits per heavy atom. The van der Waals surface area contributed by atoms with Crippen LogP contribution in [0.1, 0.15) is 36.1 Å². The summed E-state index contributed by atoms with van der Waals surface area (Å²) >= 11 is 0. The number of nitrogens with zero attached hydrogens (tertiary/aromatic N) is 2. The zero-order chi connectivity index (χ0) is 20.0. The third-order valence-corrected chi connectivity index (χ3v) is 3.10. The van der Waals surface area contributed by atoms with Crippen molar-refractivity contribution < 1.29 is 5.11 Å². The van der Waals surface area contributed by atoms with Gasteiger partial charge in [0.25, 0.3) is 0 Å². The van der Waals surface area contributed by atoms with E-state index in [1.165, 1.54) is 31.1 Å². The lowest BCUT2D eigenvalue weighted by Gasteiger charge is -2.00. The highest BCUT2D eigenvalue weighted by molar-refractivity contribution is 5.55. The number of aryl methyl sites for hydroxylation is 2. The molecule has 132 valence electrons. The molecule has 0 spiro atoms. The average Bonchev–Trinajstić information content (AvgIpc) is 2.62. The SMILES string of the molecule is C#Cc1ccccc1C.CC(C)(O)C#N.Cc1ccccc1/C=C/C#N. The van der Waals surface area contributed by atoms with Gasteiger partial charge in [-0.05, 0) is 56.5 Å². The quantitative estimate of drug-likeness (QED) is 0.459. The zero-order valence-electron chi connectivity index (χ0n) is 15.7. The van der Waals surface area contributed by atoms with Crippen LogP contribution in [0.15, 0.2) is 54.6 Å². The van der Waals surface area contributed by atoms with Crippen molar-refractivity contribution >= 4 is 6.08 Å². The molecule has 0 aliphatic heterocycles. The summed E-state index contributed by atoms with van der Waals surface area (Å²) in [5.74, 6) is 2.60. The Labute approximate surface area is 156 Å². The van der Waals surface area contributed by atoms with Gasteiger partial charge in [0.15, 0.2) is 0 Å². The predicted octanol–water partition coefficient (Wildman–Crippen LogP) is 4.79. The van der Waals surface area contributed by atoms with Gasteiger partial charge in [-0.2, -0.15) is 10.5 Å². The molecule has 0 unspecified atom stereocenters. The van der Waals surface area contributed by atoms with Gasteiger partial charge in [0.1, 0.15) is 5.60 Å². The molecule has 0 heterocycles. The average molecular weight is 344 g/mol. The lowest BCUT2D eigenvalue weighted by molar-refractivity contribution is 0.141. The largest absolute Gasteiger partial charge is 0.376 e. The monoisotopic (exact) mass is 344 g/mol. The van der Waals surface area contributed by atoms with Gasteiger partial charge in [-0.15, -0.1) is 6.42 Å². The summed E-state index contributed by atoms with van der Waals surface area (Å²) in [6.45, 7) is 6.91. The minimum absolute atomic E-state index is 0.984. The summed E-state index contributed by atoms with van der Waals surface area (Å²) in [6, 6.07) is 19.5. The molecule has 0 bridgehead atoms. The molecule has 0 saturated heterocycles. The fraction of sp³-hybridized carbons (Fsp3) is 0.217. The highest BCUT2D eigenvalue weighted by Crippen LogP contribution is 2.08. The molecule has 0 amide bonds. The molecule has 0 saturated carbocycles. The van der Waals surface area contributed by atoms with Gasteiger partial charge in [-0.3, -0.25) is 0 Å². The third-order valence-electron chi connectivity index (χ3n) is 3.10. The van der Waals surface area contributed by atoms with E-state index in [0.717, 1.165) is 11.1 Å². The minimum atomic E-state index is -1.15. The van der Waals surface area contributed by atoms with Crippen LogP contribution in [-0.2, 0) is 0 Å². The van der Waals surface area contributed by atoms with Crippen molar-refractivity contribution in [3.05, 3.63) is 76.9 Å². The number of hydrogen-bond acceptors (Lipinski definition) is 3. The number of terminal acetylenes is 1. The molecule has 2 aromatic rings. The van der Waals surface area contributed by atoms with Crippen LogP contribution in [-0.4, -0.2) is 10.7 Å². The van der Waals surface area contributed by atoms with E-state index in [2.05, 4.69) is 5.92 Å². The Bertz CT molecular complexity index is 838. The first-order valence-corrected chi connectivity index (χ1v) is 8.02. The summed E-state index contributed by atoms with van der Waals surface area (Å²) in [5, 5.41) is 24.6. The number of benzene rings is 2. The molecule has 1 N–H and O–H groups in total. The number of nitriles is 2. The van der Waals surface area contributed by atoms with Gasteiger partial charge in [-0.1, -0.05) is 48.4 Å². The Kier molecular flexibility index (Phi) is 10.6. The van der Waals surface area contributed by atoms with Crippen LogP contribution in [0.4, 0.5) is 0 Å². The standard InChI is InChI=1S/C10H9N.C9H8.C4H7NO/c1-9-5-2-3-6-10(9)7-4-8-11;1-3-9-7-5-4-6-8(9)2;1-4(2,6)3-5/h2-7H,1H3;1,4-7H,2H3;6H,1-2H3/b7-4+;;. The fourth-order valence-electron chi connectivity index (χ4n) is 1.64. The lowest BCUT2D eigenvalue weighted by atomic mass is 10.1. The molecular weight excluding hydrogens is 320 g/mol. The molecule has 26 heavy (non-hydrogen) atoms. The Hall–Kier alpha value is -3.32. The van der Waals surface area contributed by atoms with E-state index in [0.29, 0.717) is 0 Å². The van der Waals surface area contributed by atoms with E-state index in [9.17, 15) is 0 Å². The first-order chi connectivity index (χ1) is 12.2. The van der Waals surface area contributed by atoms with E-state index in [-0.39, 0.29) is 0 Å². The van der Waals surface area contributed by atoms with Gasteiger partial charge in [0.2, 0.25) is 0 Å². The minimum Gasteiger partial charge on any atom is -0.376 e. The van der Waals surface area contributed by atoms with E-state index in [1.54, 1.807) is 6.07 Å². The molecule has 0 fully saturated rings. The molecule has 2 aromatic carbocycles. The molecule has 0 radical (unpaired) electrons. The normalized spacial score (nSPS) is 9.46. The van der Waals surface area contributed by atoms with E-state index >= 15 is 0 Å². The van der Waals surface area contributed by atoms with Gasteiger partial charge in [0.05, 0.1) is 12.1 Å². The summed E-state index contributed by atoms with van der Waals surface area (Å²) in [4.78, 5) is 0. The number of hydrogen-bond donors (Lipinski definition) is 1. The third kappa shape index (κ3) is 10.5. The van der Waals surface area contributed by atoms with Gasteiger partial charge in [-0.25, -0.2) is 0 Å². The molecule has 3 heteroatoms. The predicted molar refractivity (Wildman–Crippen MR) is 107 cm³/mol. The van der Waals surface area contributed by atoms with Crippen molar-refractivity contribution in [3.63, 3.8) is 0 Å². The second-order valence-electron chi connectivity index (χ2n) is 5.95. The van der Waals surface area contributed by atoms with Crippen molar-refractivity contribution in [3.8, 4) is 24.5 Å². The maximum Gasteiger partial charge on any atom is 0.145 e. The van der Waals surface area contributed by atoms with E-state index < -0.39 is 5.60 Å². The first kappa shape index (κ1) is 22.7. The smallest absolute Gasteiger partial charge is 0.145 e. The van der Waals surface area contributed by atoms with Crippen LogP contribution in [0.5, 0.6) is 0 Å². The second-order valence-corrected chi connectivity index (χ2v) is 5.95. The highest BCUT2D eigenvalue weighted by Gasteiger charge is 2.07. The number of allylic oxidation sites excluding steroid dienone is 1.